The Hall–Kier alpha value is -1.45. The fourth-order valence-electron chi connectivity index (χ4n) is 0.896. The molecule has 1 N–H and O–H groups in total. The Labute approximate surface area is 74.7 Å². The SMILES string of the molecule is CCOC(=N)c1ccc(F)cc1F. The minimum atomic E-state index is -0.779. The molecule has 0 fully saturated rings. The van der Waals surface area contributed by atoms with E-state index < -0.39 is 11.6 Å². The van der Waals surface area contributed by atoms with Crippen LogP contribution in [-0.4, -0.2) is 12.5 Å². The predicted molar refractivity (Wildman–Crippen MR) is 44.8 cm³/mol. The van der Waals surface area contributed by atoms with E-state index in [0.29, 0.717) is 0 Å². The van der Waals surface area contributed by atoms with Gasteiger partial charge >= 0.3 is 0 Å². The summed E-state index contributed by atoms with van der Waals surface area (Å²) in [6.45, 7) is 1.98. The summed E-state index contributed by atoms with van der Waals surface area (Å²) in [7, 11) is 0. The number of rotatable bonds is 2. The zero-order chi connectivity index (χ0) is 9.84. The van der Waals surface area contributed by atoms with Crippen LogP contribution in [0.2, 0.25) is 0 Å². The van der Waals surface area contributed by atoms with E-state index in [1.165, 1.54) is 6.07 Å². The molecule has 13 heavy (non-hydrogen) atoms. The lowest BCUT2D eigenvalue weighted by molar-refractivity contribution is 0.324. The van der Waals surface area contributed by atoms with Gasteiger partial charge in [-0.05, 0) is 19.1 Å². The van der Waals surface area contributed by atoms with Crippen LogP contribution in [0.3, 0.4) is 0 Å². The number of benzene rings is 1. The molecule has 0 unspecified atom stereocenters. The van der Waals surface area contributed by atoms with E-state index in [1.807, 2.05) is 0 Å². The molecule has 70 valence electrons. The molecule has 4 heteroatoms. The zero-order valence-electron chi connectivity index (χ0n) is 7.10. The Morgan fingerprint density at radius 1 is 1.46 bits per heavy atom. The first-order valence-electron chi connectivity index (χ1n) is 3.82. The first kappa shape index (κ1) is 9.64. The average molecular weight is 185 g/mol. The van der Waals surface area contributed by atoms with Gasteiger partial charge in [0.25, 0.3) is 0 Å². The lowest BCUT2D eigenvalue weighted by atomic mass is 10.2. The molecule has 0 radical (unpaired) electrons. The number of ether oxygens (including phenoxy) is 1. The largest absolute Gasteiger partial charge is 0.478 e. The van der Waals surface area contributed by atoms with Gasteiger partial charge in [0.1, 0.15) is 11.6 Å². The van der Waals surface area contributed by atoms with Crippen LogP contribution in [0.25, 0.3) is 0 Å². The van der Waals surface area contributed by atoms with Crippen LogP contribution >= 0.6 is 0 Å². The van der Waals surface area contributed by atoms with E-state index in [9.17, 15) is 8.78 Å². The van der Waals surface area contributed by atoms with Crippen molar-refractivity contribution in [3.05, 3.63) is 35.4 Å². The van der Waals surface area contributed by atoms with E-state index in [2.05, 4.69) is 0 Å². The van der Waals surface area contributed by atoms with Crippen molar-refractivity contribution < 1.29 is 13.5 Å². The summed E-state index contributed by atoms with van der Waals surface area (Å²) >= 11 is 0. The van der Waals surface area contributed by atoms with Crippen molar-refractivity contribution in [3.8, 4) is 0 Å². The second-order valence-electron chi connectivity index (χ2n) is 2.39. The monoisotopic (exact) mass is 185 g/mol. The molecule has 0 saturated carbocycles. The molecule has 0 aliphatic rings. The Balaban J connectivity index is 2.95. The minimum absolute atomic E-state index is 0.0248. The van der Waals surface area contributed by atoms with Crippen molar-refractivity contribution in [3.63, 3.8) is 0 Å². The highest BCUT2D eigenvalue weighted by Gasteiger charge is 2.09. The van der Waals surface area contributed by atoms with Crippen molar-refractivity contribution in [1.82, 2.24) is 0 Å². The second-order valence-corrected chi connectivity index (χ2v) is 2.39. The lowest BCUT2D eigenvalue weighted by Crippen LogP contribution is -2.07. The van der Waals surface area contributed by atoms with Gasteiger partial charge in [-0.1, -0.05) is 0 Å². The maximum Gasteiger partial charge on any atom is 0.216 e. The average Bonchev–Trinajstić information content (AvgIpc) is 2.04. The molecule has 0 atom stereocenters. The highest BCUT2D eigenvalue weighted by atomic mass is 19.1. The Morgan fingerprint density at radius 3 is 2.69 bits per heavy atom. The third-order valence-corrected chi connectivity index (χ3v) is 1.46. The van der Waals surface area contributed by atoms with Gasteiger partial charge in [-0.15, -0.1) is 0 Å². The van der Waals surface area contributed by atoms with Crippen molar-refractivity contribution in [2.24, 2.45) is 0 Å². The molecule has 0 spiro atoms. The first-order valence-corrected chi connectivity index (χ1v) is 3.82. The quantitative estimate of drug-likeness (QED) is 0.556. The van der Waals surface area contributed by atoms with Crippen molar-refractivity contribution in [1.29, 1.82) is 5.41 Å². The van der Waals surface area contributed by atoms with Crippen molar-refractivity contribution in [2.75, 3.05) is 6.61 Å². The van der Waals surface area contributed by atoms with E-state index in [4.69, 9.17) is 10.1 Å². The normalized spacial score (nSPS) is 9.77. The van der Waals surface area contributed by atoms with E-state index >= 15 is 0 Å². The van der Waals surface area contributed by atoms with Gasteiger partial charge in [0, 0.05) is 6.07 Å². The van der Waals surface area contributed by atoms with E-state index in [1.54, 1.807) is 6.92 Å². The summed E-state index contributed by atoms with van der Waals surface area (Å²) < 4.78 is 30.2. The zero-order valence-corrected chi connectivity index (χ0v) is 7.10. The van der Waals surface area contributed by atoms with Gasteiger partial charge in [-0.2, -0.15) is 0 Å². The summed E-state index contributed by atoms with van der Waals surface area (Å²) in [4.78, 5) is 0. The maximum atomic E-state index is 13.0. The summed E-state index contributed by atoms with van der Waals surface area (Å²) in [6.07, 6.45) is 0. The molecule has 0 aliphatic carbocycles. The Morgan fingerprint density at radius 2 is 2.15 bits per heavy atom. The van der Waals surface area contributed by atoms with Gasteiger partial charge in [-0.3, -0.25) is 5.41 Å². The van der Waals surface area contributed by atoms with Gasteiger partial charge in [0.2, 0.25) is 5.90 Å². The molecule has 2 nitrogen and oxygen atoms in total. The molecule has 0 aromatic heterocycles. The number of hydrogen-bond donors (Lipinski definition) is 1. The fraction of sp³-hybridized carbons (Fsp3) is 0.222. The molecule has 1 rings (SSSR count). The molecule has 0 heterocycles. The summed E-state index contributed by atoms with van der Waals surface area (Å²) in [5.74, 6) is -1.72. The van der Waals surface area contributed by atoms with E-state index in [0.717, 1.165) is 12.1 Å². The fourth-order valence-corrected chi connectivity index (χ4v) is 0.896. The van der Waals surface area contributed by atoms with Gasteiger partial charge in [0.05, 0.1) is 12.2 Å². The molecule has 0 saturated heterocycles. The van der Waals surface area contributed by atoms with Crippen LogP contribution in [0.5, 0.6) is 0 Å². The van der Waals surface area contributed by atoms with Crippen LogP contribution in [0.4, 0.5) is 8.78 Å². The first-order chi connectivity index (χ1) is 6.15. The number of nitrogens with one attached hydrogen (secondary N) is 1. The smallest absolute Gasteiger partial charge is 0.216 e. The molecular weight excluding hydrogens is 176 g/mol. The number of halogens is 2. The van der Waals surface area contributed by atoms with Crippen LogP contribution in [0.15, 0.2) is 18.2 Å². The third kappa shape index (κ3) is 2.24. The molecular formula is C9H9F2NO. The third-order valence-electron chi connectivity index (χ3n) is 1.46. The minimum Gasteiger partial charge on any atom is -0.478 e. The van der Waals surface area contributed by atoms with Crippen LogP contribution in [0, 0.1) is 17.0 Å². The summed E-state index contributed by atoms with van der Waals surface area (Å²) in [6, 6.07) is 3.00. The van der Waals surface area contributed by atoms with Crippen LogP contribution in [0.1, 0.15) is 12.5 Å². The Kier molecular flexibility index (Phi) is 2.95. The standard InChI is InChI=1S/C9H9F2NO/c1-2-13-9(12)7-4-3-6(10)5-8(7)11/h3-5,12H,2H2,1H3. The highest BCUT2D eigenvalue weighted by Crippen LogP contribution is 2.10. The van der Waals surface area contributed by atoms with Gasteiger partial charge in [-0.25, -0.2) is 8.78 Å². The van der Waals surface area contributed by atoms with Crippen LogP contribution < -0.4 is 0 Å². The molecule has 1 aromatic carbocycles. The molecule has 0 bridgehead atoms. The lowest BCUT2D eigenvalue weighted by Gasteiger charge is -2.05. The summed E-state index contributed by atoms with van der Waals surface area (Å²) in [5.41, 5.74) is -0.0248. The molecule has 0 aliphatic heterocycles. The van der Waals surface area contributed by atoms with Crippen molar-refractivity contribution in [2.45, 2.75) is 6.92 Å². The van der Waals surface area contributed by atoms with E-state index in [-0.39, 0.29) is 18.1 Å². The second kappa shape index (κ2) is 3.98. The maximum absolute atomic E-state index is 13.0. The number of hydrogen-bond acceptors (Lipinski definition) is 2. The Bertz CT molecular complexity index is 325. The predicted octanol–water partition coefficient (Wildman–Crippen LogP) is 2.33. The van der Waals surface area contributed by atoms with Crippen LogP contribution in [-0.2, 0) is 4.74 Å². The van der Waals surface area contributed by atoms with Gasteiger partial charge in [0.15, 0.2) is 0 Å². The van der Waals surface area contributed by atoms with Crippen molar-refractivity contribution >= 4 is 5.90 Å². The molecule has 1 aromatic rings. The van der Waals surface area contributed by atoms with Gasteiger partial charge < -0.3 is 4.74 Å². The molecule has 0 amide bonds. The summed E-state index contributed by atoms with van der Waals surface area (Å²) in [5, 5.41) is 7.26. The highest BCUT2D eigenvalue weighted by molar-refractivity contribution is 5.91. The topological polar surface area (TPSA) is 33.1 Å².